The van der Waals surface area contributed by atoms with Crippen LogP contribution in [0.2, 0.25) is 5.02 Å². The van der Waals surface area contributed by atoms with Crippen molar-refractivity contribution in [1.82, 2.24) is 10.2 Å². The van der Waals surface area contributed by atoms with Gasteiger partial charge in [0.15, 0.2) is 0 Å². The van der Waals surface area contributed by atoms with Gasteiger partial charge in [0.25, 0.3) is 5.91 Å². The monoisotopic (exact) mass is 324 g/mol. The van der Waals surface area contributed by atoms with Gasteiger partial charge in [-0.2, -0.15) is 0 Å². The van der Waals surface area contributed by atoms with Crippen LogP contribution in [-0.2, 0) is 9.53 Å². The van der Waals surface area contributed by atoms with Gasteiger partial charge in [-0.3, -0.25) is 9.59 Å². The number of amides is 2. The zero-order valence-electron chi connectivity index (χ0n) is 13.1. The lowest BCUT2D eigenvalue weighted by Gasteiger charge is -2.29. The topological polar surface area (TPSA) is 58.6 Å². The van der Waals surface area contributed by atoms with Crippen LogP contribution in [0.4, 0.5) is 0 Å². The van der Waals surface area contributed by atoms with E-state index in [1.165, 1.54) is 0 Å². The van der Waals surface area contributed by atoms with Crippen molar-refractivity contribution in [1.29, 1.82) is 0 Å². The van der Waals surface area contributed by atoms with Gasteiger partial charge >= 0.3 is 0 Å². The van der Waals surface area contributed by atoms with E-state index in [4.69, 9.17) is 16.3 Å². The van der Waals surface area contributed by atoms with Crippen molar-refractivity contribution < 1.29 is 14.3 Å². The number of halogens is 1. The SMILES string of the molecule is Cc1cc(Cl)c(C(=O)NC(C)C(=O)N2CCOCC2)cc1C. The highest BCUT2D eigenvalue weighted by molar-refractivity contribution is 6.34. The Bertz CT molecular complexity index is 583. The first-order valence-corrected chi connectivity index (χ1v) is 7.72. The van der Waals surface area contributed by atoms with Crippen molar-refractivity contribution in [2.45, 2.75) is 26.8 Å². The minimum absolute atomic E-state index is 0.100. The number of nitrogens with zero attached hydrogens (tertiary/aromatic N) is 1. The Balaban J connectivity index is 2.04. The molecule has 1 aliphatic heterocycles. The number of ether oxygens (including phenoxy) is 1. The molecule has 1 fully saturated rings. The first kappa shape index (κ1) is 16.8. The van der Waals surface area contributed by atoms with E-state index in [1.807, 2.05) is 13.8 Å². The van der Waals surface area contributed by atoms with Gasteiger partial charge in [0.2, 0.25) is 5.91 Å². The summed E-state index contributed by atoms with van der Waals surface area (Å²) in [5.74, 6) is -0.432. The Morgan fingerprint density at radius 1 is 1.23 bits per heavy atom. The molecule has 6 heteroatoms. The third-order valence-electron chi connectivity index (χ3n) is 3.87. The maximum absolute atomic E-state index is 12.3. The second-order valence-electron chi connectivity index (χ2n) is 5.55. The fourth-order valence-corrected chi connectivity index (χ4v) is 2.65. The molecule has 120 valence electrons. The second-order valence-corrected chi connectivity index (χ2v) is 5.96. The Kier molecular flexibility index (Phi) is 5.42. The molecular formula is C16H21ClN2O3. The first-order valence-electron chi connectivity index (χ1n) is 7.34. The van der Waals surface area contributed by atoms with Crippen LogP contribution in [0.3, 0.4) is 0 Å². The average molecular weight is 325 g/mol. The normalized spacial score (nSPS) is 16.3. The van der Waals surface area contributed by atoms with Crippen LogP contribution in [0, 0.1) is 13.8 Å². The highest BCUT2D eigenvalue weighted by atomic mass is 35.5. The Hall–Kier alpha value is -1.59. The van der Waals surface area contributed by atoms with Crippen LogP contribution in [0.1, 0.15) is 28.4 Å². The van der Waals surface area contributed by atoms with Crippen LogP contribution >= 0.6 is 11.6 Å². The highest BCUT2D eigenvalue weighted by Gasteiger charge is 2.24. The predicted molar refractivity (Wildman–Crippen MR) is 85.3 cm³/mol. The summed E-state index contributed by atoms with van der Waals surface area (Å²) < 4.78 is 5.22. The molecule has 1 saturated heterocycles. The molecule has 1 aliphatic rings. The summed E-state index contributed by atoms with van der Waals surface area (Å²) in [6.07, 6.45) is 0. The van der Waals surface area contributed by atoms with Gasteiger partial charge in [0.05, 0.1) is 23.8 Å². The van der Waals surface area contributed by atoms with Gasteiger partial charge in [0, 0.05) is 13.1 Å². The van der Waals surface area contributed by atoms with Gasteiger partial charge in [-0.15, -0.1) is 0 Å². The number of hydrogen-bond acceptors (Lipinski definition) is 3. The van der Waals surface area contributed by atoms with Crippen LogP contribution in [0.15, 0.2) is 12.1 Å². The largest absolute Gasteiger partial charge is 0.378 e. The molecule has 0 aromatic heterocycles. The van der Waals surface area contributed by atoms with Gasteiger partial charge in [-0.1, -0.05) is 11.6 Å². The fourth-order valence-electron chi connectivity index (χ4n) is 2.35. The van der Waals surface area contributed by atoms with E-state index in [0.29, 0.717) is 36.9 Å². The van der Waals surface area contributed by atoms with Crippen LogP contribution in [0.5, 0.6) is 0 Å². The van der Waals surface area contributed by atoms with Crippen LogP contribution < -0.4 is 5.32 Å². The molecule has 1 heterocycles. The number of carbonyl (C=O) groups is 2. The molecule has 1 unspecified atom stereocenters. The molecule has 2 rings (SSSR count). The third-order valence-corrected chi connectivity index (χ3v) is 4.18. The molecule has 2 amide bonds. The molecule has 0 saturated carbocycles. The van der Waals surface area contributed by atoms with Crippen molar-refractivity contribution in [3.8, 4) is 0 Å². The Morgan fingerprint density at radius 2 is 1.82 bits per heavy atom. The second kappa shape index (κ2) is 7.11. The minimum atomic E-state index is -0.594. The van der Waals surface area contributed by atoms with E-state index in [9.17, 15) is 9.59 Å². The molecule has 1 aromatic rings. The lowest BCUT2D eigenvalue weighted by atomic mass is 10.1. The zero-order chi connectivity index (χ0) is 16.3. The molecule has 1 N–H and O–H groups in total. The van der Waals surface area contributed by atoms with Crippen molar-refractivity contribution in [2.75, 3.05) is 26.3 Å². The van der Waals surface area contributed by atoms with Gasteiger partial charge in [0.1, 0.15) is 6.04 Å². The first-order chi connectivity index (χ1) is 10.4. The standard InChI is InChI=1S/C16H21ClN2O3/c1-10-8-13(14(17)9-11(10)2)15(20)18-12(3)16(21)19-4-6-22-7-5-19/h8-9,12H,4-7H2,1-3H3,(H,18,20). The number of benzene rings is 1. The molecule has 22 heavy (non-hydrogen) atoms. The number of carbonyl (C=O) groups excluding carboxylic acids is 2. The van der Waals surface area contributed by atoms with Gasteiger partial charge in [-0.25, -0.2) is 0 Å². The highest BCUT2D eigenvalue weighted by Crippen LogP contribution is 2.21. The van der Waals surface area contributed by atoms with E-state index in [-0.39, 0.29) is 11.8 Å². The van der Waals surface area contributed by atoms with Crippen molar-refractivity contribution >= 4 is 23.4 Å². The minimum Gasteiger partial charge on any atom is -0.378 e. The molecule has 1 aromatic carbocycles. The number of aryl methyl sites for hydroxylation is 2. The summed E-state index contributed by atoms with van der Waals surface area (Å²) in [7, 11) is 0. The zero-order valence-corrected chi connectivity index (χ0v) is 13.9. The summed E-state index contributed by atoms with van der Waals surface area (Å²) in [5, 5.41) is 3.12. The van der Waals surface area contributed by atoms with E-state index >= 15 is 0 Å². The van der Waals surface area contributed by atoms with E-state index in [2.05, 4.69) is 5.32 Å². The Morgan fingerprint density at radius 3 is 2.45 bits per heavy atom. The molecule has 0 radical (unpaired) electrons. The summed E-state index contributed by atoms with van der Waals surface area (Å²) in [6.45, 7) is 7.74. The van der Waals surface area contributed by atoms with E-state index < -0.39 is 6.04 Å². The van der Waals surface area contributed by atoms with Crippen molar-refractivity contribution in [3.05, 3.63) is 33.8 Å². The fraction of sp³-hybridized carbons (Fsp3) is 0.500. The van der Waals surface area contributed by atoms with Gasteiger partial charge < -0.3 is 15.0 Å². The number of morpholine rings is 1. The predicted octanol–water partition coefficient (Wildman–Crippen LogP) is 1.93. The summed E-state index contributed by atoms with van der Waals surface area (Å²) in [4.78, 5) is 26.3. The lowest BCUT2D eigenvalue weighted by molar-refractivity contribution is -0.136. The summed E-state index contributed by atoms with van der Waals surface area (Å²) in [6, 6.07) is 2.92. The quantitative estimate of drug-likeness (QED) is 0.924. The number of nitrogens with one attached hydrogen (secondary N) is 1. The van der Waals surface area contributed by atoms with Gasteiger partial charge in [-0.05, 0) is 44.0 Å². The molecule has 0 bridgehead atoms. The van der Waals surface area contributed by atoms with Crippen LogP contribution in [0.25, 0.3) is 0 Å². The molecule has 0 aliphatic carbocycles. The van der Waals surface area contributed by atoms with Crippen molar-refractivity contribution in [3.63, 3.8) is 0 Å². The smallest absolute Gasteiger partial charge is 0.253 e. The van der Waals surface area contributed by atoms with Crippen molar-refractivity contribution in [2.24, 2.45) is 0 Å². The maximum Gasteiger partial charge on any atom is 0.253 e. The maximum atomic E-state index is 12.3. The lowest BCUT2D eigenvalue weighted by Crippen LogP contribution is -2.50. The van der Waals surface area contributed by atoms with E-state index in [0.717, 1.165) is 11.1 Å². The third kappa shape index (κ3) is 3.78. The van der Waals surface area contributed by atoms with E-state index in [1.54, 1.807) is 24.0 Å². The molecular weight excluding hydrogens is 304 g/mol. The number of hydrogen-bond donors (Lipinski definition) is 1. The molecule has 1 atom stereocenters. The molecule has 0 spiro atoms. The summed E-state index contributed by atoms with van der Waals surface area (Å²) >= 11 is 6.14. The Labute approximate surface area is 135 Å². The average Bonchev–Trinajstić information content (AvgIpc) is 2.50. The number of rotatable bonds is 3. The molecule has 5 nitrogen and oxygen atoms in total. The van der Waals surface area contributed by atoms with Crippen LogP contribution in [-0.4, -0.2) is 49.1 Å². The summed E-state index contributed by atoms with van der Waals surface area (Å²) in [5.41, 5.74) is 2.41.